The van der Waals surface area contributed by atoms with Crippen LogP contribution < -0.4 is 0 Å². The normalized spacial score (nSPS) is 14.5. The van der Waals surface area contributed by atoms with Crippen molar-refractivity contribution in [3.05, 3.63) is 12.7 Å². The van der Waals surface area contributed by atoms with Crippen molar-refractivity contribution in [3.8, 4) is 6.07 Å². The van der Waals surface area contributed by atoms with Gasteiger partial charge in [0.2, 0.25) is 0 Å². The van der Waals surface area contributed by atoms with E-state index in [9.17, 15) is 4.79 Å². The standard InChI is InChI=1S/C8H11NO2/c1-3-5-8(4-2,6-9)7(10)11/h3H,1,4-5H2,2H3,(H,10,11). The van der Waals surface area contributed by atoms with Crippen LogP contribution in [-0.4, -0.2) is 11.1 Å². The summed E-state index contributed by atoms with van der Waals surface area (Å²) in [7, 11) is 0. The molecule has 1 atom stereocenters. The van der Waals surface area contributed by atoms with Gasteiger partial charge in [-0.05, 0) is 12.8 Å². The van der Waals surface area contributed by atoms with Gasteiger partial charge in [0.05, 0.1) is 6.07 Å². The third-order valence-electron chi connectivity index (χ3n) is 1.72. The van der Waals surface area contributed by atoms with Gasteiger partial charge in [-0.1, -0.05) is 13.0 Å². The lowest BCUT2D eigenvalue weighted by molar-refractivity contribution is -0.145. The first-order valence-corrected chi connectivity index (χ1v) is 3.38. The van der Waals surface area contributed by atoms with Crippen molar-refractivity contribution in [2.75, 3.05) is 0 Å². The fourth-order valence-corrected chi connectivity index (χ4v) is 0.802. The van der Waals surface area contributed by atoms with Gasteiger partial charge in [-0.2, -0.15) is 5.26 Å². The molecule has 0 fully saturated rings. The molecule has 0 aliphatic rings. The van der Waals surface area contributed by atoms with Crippen molar-refractivity contribution < 1.29 is 9.90 Å². The highest BCUT2D eigenvalue weighted by Gasteiger charge is 2.35. The number of hydrogen-bond donors (Lipinski definition) is 1. The second kappa shape index (κ2) is 3.77. The van der Waals surface area contributed by atoms with Gasteiger partial charge < -0.3 is 5.11 Å². The summed E-state index contributed by atoms with van der Waals surface area (Å²) in [5.41, 5.74) is -1.26. The minimum atomic E-state index is -1.26. The molecule has 3 heteroatoms. The van der Waals surface area contributed by atoms with Crippen molar-refractivity contribution >= 4 is 5.97 Å². The summed E-state index contributed by atoms with van der Waals surface area (Å²) in [5, 5.41) is 17.3. The van der Waals surface area contributed by atoms with Gasteiger partial charge in [0.25, 0.3) is 0 Å². The fourth-order valence-electron chi connectivity index (χ4n) is 0.802. The summed E-state index contributed by atoms with van der Waals surface area (Å²) < 4.78 is 0. The third kappa shape index (κ3) is 1.81. The van der Waals surface area contributed by atoms with Gasteiger partial charge in [0.1, 0.15) is 0 Å². The smallest absolute Gasteiger partial charge is 0.324 e. The van der Waals surface area contributed by atoms with Crippen LogP contribution in [-0.2, 0) is 4.79 Å². The molecule has 0 rings (SSSR count). The SMILES string of the molecule is C=CCC(C#N)(CC)C(=O)O. The quantitative estimate of drug-likeness (QED) is 0.623. The Kier molecular flexibility index (Phi) is 3.32. The number of hydrogen-bond acceptors (Lipinski definition) is 2. The van der Waals surface area contributed by atoms with Crippen molar-refractivity contribution in [2.24, 2.45) is 5.41 Å². The van der Waals surface area contributed by atoms with E-state index < -0.39 is 11.4 Å². The van der Waals surface area contributed by atoms with Gasteiger partial charge in [0.15, 0.2) is 5.41 Å². The molecular formula is C8H11NO2. The predicted molar refractivity (Wildman–Crippen MR) is 40.8 cm³/mol. The summed E-state index contributed by atoms with van der Waals surface area (Å²) in [6.45, 7) is 5.09. The van der Waals surface area contributed by atoms with Crippen molar-refractivity contribution in [1.82, 2.24) is 0 Å². The lowest BCUT2D eigenvalue weighted by atomic mass is 9.84. The van der Waals surface area contributed by atoms with E-state index in [2.05, 4.69) is 6.58 Å². The first kappa shape index (κ1) is 9.70. The predicted octanol–water partition coefficient (Wildman–Crippen LogP) is 1.57. The lowest BCUT2D eigenvalue weighted by Gasteiger charge is -2.16. The second-order valence-electron chi connectivity index (χ2n) is 2.35. The van der Waals surface area contributed by atoms with E-state index in [-0.39, 0.29) is 6.42 Å². The largest absolute Gasteiger partial charge is 0.480 e. The highest BCUT2D eigenvalue weighted by Crippen LogP contribution is 2.25. The summed E-state index contributed by atoms with van der Waals surface area (Å²) >= 11 is 0. The molecule has 60 valence electrons. The summed E-state index contributed by atoms with van der Waals surface area (Å²) in [5.74, 6) is -1.07. The van der Waals surface area contributed by atoms with Crippen molar-refractivity contribution in [3.63, 3.8) is 0 Å². The molecule has 0 radical (unpaired) electrons. The number of allylic oxidation sites excluding steroid dienone is 1. The molecule has 0 amide bonds. The number of carboxylic acid groups (broad SMARTS) is 1. The van der Waals surface area contributed by atoms with Crippen LogP contribution in [0.25, 0.3) is 0 Å². The molecule has 3 nitrogen and oxygen atoms in total. The molecule has 0 aliphatic heterocycles. The van der Waals surface area contributed by atoms with Crippen molar-refractivity contribution in [1.29, 1.82) is 5.26 Å². The van der Waals surface area contributed by atoms with Gasteiger partial charge in [-0.15, -0.1) is 6.58 Å². The van der Waals surface area contributed by atoms with E-state index in [4.69, 9.17) is 10.4 Å². The summed E-state index contributed by atoms with van der Waals surface area (Å²) in [6.07, 6.45) is 1.97. The molecule has 0 spiro atoms. The van der Waals surface area contributed by atoms with E-state index in [1.54, 1.807) is 13.0 Å². The Morgan fingerprint density at radius 1 is 1.91 bits per heavy atom. The van der Waals surface area contributed by atoms with E-state index >= 15 is 0 Å². The van der Waals surface area contributed by atoms with Gasteiger partial charge >= 0.3 is 5.97 Å². The van der Waals surface area contributed by atoms with Crippen LogP contribution >= 0.6 is 0 Å². The van der Waals surface area contributed by atoms with E-state index in [1.165, 1.54) is 6.08 Å². The average molecular weight is 153 g/mol. The maximum atomic E-state index is 10.6. The number of aliphatic carboxylic acids is 1. The Labute approximate surface area is 66.0 Å². The van der Waals surface area contributed by atoms with Gasteiger partial charge in [-0.3, -0.25) is 4.79 Å². The summed E-state index contributed by atoms with van der Waals surface area (Å²) in [4.78, 5) is 10.6. The fraction of sp³-hybridized carbons (Fsp3) is 0.500. The van der Waals surface area contributed by atoms with Crippen LogP contribution in [0.1, 0.15) is 19.8 Å². The number of rotatable bonds is 4. The average Bonchev–Trinajstić information content (AvgIpc) is 2.00. The summed E-state index contributed by atoms with van der Waals surface area (Å²) in [6, 6.07) is 1.79. The third-order valence-corrected chi connectivity index (χ3v) is 1.72. The highest BCUT2D eigenvalue weighted by molar-refractivity contribution is 5.78. The number of nitriles is 1. The molecule has 0 aliphatic carbocycles. The maximum absolute atomic E-state index is 10.6. The van der Waals surface area contributed by atoms with E-state index in [1.807, 2.05) is 0 Å². The number of carbonyl (C=O) groups is 1. The molecule has 0 aromatic rings. The molecule has 0 aromatic carbocycles. The molecule has 0 heterocycles. The van der Waals surface area contributed by atoms with Crippen LogP contribution in [0.2, 0.25) is 0 Å². The number of nitrogens with zero attached hydrogens (tertiary/aromatic N) is 1. The molecule has 1 N–H and O–H groups in total. The molecule has 11 heavy (non-hydrogen) atoms. The molecule has 0 bridgehead atoms. The topological polar surface area (TPSA) is 61.1 Å². The Hall–Kier alpha value is -1.30. The maximum Gasteiger partial charge on any atom is 0.324 e. The zero-order valence-electron chi connectivity index (χ0n) is 6.50. The Bertz CT molecular complexity index is 205. The van der Waals surface area contributed by atoms with Crippen LogP contribution in [0.5, 0.6) is 0 Å². The molecule has 1 unspecified atom stereocenters. The molecule has 0 saturated heterocycles. The Balaban J connectivity index is 4.63. The van der Waals surface area contributed by atoms with Crippen LogP contribution in [0.15, 0.2) is 12.7 Å². The molecule has 0 aromatic heterocycles. The molecular weight excluding hydrogens is 142 g/mol. The van der Waals surface area contributed by atoms with Crippen LogP contribution in [0, 0.1) is 16.7 Å². The minimum Gasteiger partial charge on any atom is -0.480 e. The first-order chi connectivity index (χ1) is 5.13. The zero-order chi connectivity index (χ0) is 8.91. The Morgan fingerprint density at radius 2 is 2.45 bits per heavy atom. The van der Waals surface area contributed by atoms with Gasteiger partial charge in [-0.25, -0.2) is 0 Å². The minimum absolute atomic E-state index is 0.204. The Morgan fingerprint density at radius 3 is 2.55 bits per heavy atom. The molecule has 0 saturated carbocycles. The second-order valence-corrected chi connectivity index (χ2v) is 2.35. The number of carboxylic acids is 1. The first-order valence-electron chi connectivity index (χ1n) is 3.38. The lowest BCUT2D eigenvalue weighted by Crippen LogP contribution is -2.27. The monoisotopic (exact) mass is 153 g/mol. The van der Waals surface area contributed by atoms with Gasteiger partial charge in [0, 0.05) is 0 Å². The van der Waals surface area contributed by atoms with E-state index in [0.29, 0.717) is 6.42 Å². The zero-order valence-corrected chi connectivity index (χ0v) is 6.50. The van der Waals surface area contributed by atoms with Crippen LogP contribution in [0.3, 0.4) is 0 Å². The van der Waals surface area contributed by atoms with E-state index in [0.717, 1.165) is 0 Å². The van der Waals surface area contributed by atoms with Crippen LogP contribution in [0.4, 0.5) is 0 Å². The van der Waals surface area contributed by atoms with Crippen molar-refractivity contribution in [2.45, 2.75) is 19.8 Å². The highest BCUT2D eigenvalue weighted by atomic mass is 16.4.